The minimum absolute atomic E-state index is 0.0556. The number of nitrogen functional groups attached to an aromatic ring is 1. The van der Waals surface area contributed by atoms with Crippen LogP contribution >= 0.6 is 11.3 Å². The number of carbonyl (C=O) groups excluding carboxylic acids is 1. The molecule has 8 nitrogen and oxygen atoms in total. The van der Waals surface area contributed by atoms with E-state index < -0.39 is 0 Å². The SMILES string of the molecule is CCCCCc1ccc(C(=O)NCCn2cc(CCCCCc3[nH]c(N)nc3-c3cc4ccccc4s3)nn2)cc1. The maximum Gasteiger partial charge on any atom is 0.251 e. The number of benzene rings is 2. The van der Waals surface area contributed by atoms with Gasteiger partial charge in [-0.05, 0) is 73.7 Å². The predicted molar refractivity (Wildman–Crippen MR) is 167 cm³/mol. The van der Waals surface area contributed by atoms with Gasteiger partial charge in [0.1, 0.15) is 5.69 Å². The maximum atomic E-state index is 12.5. The molecule has 3 heterocycles. The molecule has 0 saturated heterocycles. The van der Waals surface area contributed by atoms with Crippen molar-refractivity contribution in [1.29, 1.82) is 0 Å². The first kappa shape index (κ1) is 28.5. The minimum atomic E-state index is -0.0556. The van der Waals surface area contributed by atoms with Gasteiger partial charge in [-0.2, -0.15) is 0 Å². The number of thiophene rings is 1. The van der Waals surface area contributed by atoms with Gasteiger partial charge in [-0.1, -0.05) is 61.7 Å². The summed E-state index contributed by atoms with van der Waals surface area (Å²) in [5, 5.41) is 12.8. The average molecular weight is 570 g/mol. The highest BCUT2D eigenvalue weighted by atomic mass is 32.1. The Morgan fingerprint density at radius 3 is 2.63 bits per heavy atom. The van der Waals surface area contributed by atoms with Crippen LogP contribution in [0.3, 0.4) is 0 Å². The molecule has 0 unspecified atom stereocenters. The van der Waals surface area contributed by atoms with Gasteiger partial charge >= 0.3 is 0 Å². The van der Waals surface area contributed by atoms with Crippen molar-refractivity contribution in [3.8, 4) is 10.6 Å². The molecule has 0 spiro atoms. The first-order valence-corrected chi connectivity index (χ1v) is 15.5. The number of carbonyl (C=O) groups is 1. The van der Waals surface area contributed by atoms with E-state index in [9.17, 15) is 4.79 Å². The number of nitrogens with two attached hydrogens (primary N) is 1. The van der Waals surface area contributed by atoms with Gasteiger partial charge in [0, 0.05) is 28.7 Å². The summed E-state index contributed by atoms with van der Waals surface area (Å²) >= 11 is 1.75. The smallest absolute Gasteiger partial charge is 0.251 e. The Bertz CT molecular complexity index is 1520. The minimum Gasteiger partial charge on any atom is -0.369 e. The average Bonchev–Trinajstić information content (AvgIpc) is 3.71. The molecular formula is C32H39N7OS. The zero-order chi connectivity index (χ0) is 28.4. The molecule has 0 bridgehead atoms. The number of hydrogen-bond acceptors (Lipinski definition) is 6. The summed E-state index contributed by atoms with van der Waals surface area (Å²) in [6, 6.07) is 18.5. The number of anilines is 1. The molecule has 0 aliphatic heterocycles. The summed E-state index contributed by atoms with van der Waals surface area (Å²) in [7, 11) is 0. The van der Waals surface area contributed by atoms with Crippen LogP contribution in [0.25, 0.3) is 20.7 Å². The molecule has 41 heavy (non-hydrogen) atoms. The van der Waals surface area contributed by atoms with Crippen molar-refractivity contribution in [3.05, 3.63) is 83.3 Å². The van der Waals surface area contributed by atoms with Crippen molar-refractivity contribution in [1.82, 2.24) is 30.3 Å². The number of imidazole rings is 1. The molecule has 1 amide bonds. The Labute approximate surface area is 245 Å². The summed E-state index contributed by atoms with van der Waals surface area (Å²) in [6.45, 7) is 3.31. The standard InChI is InChI=1S/C32H39N7OS/c1-2-3-5-10-23-15-17-24(18-16-23)31(40)34-19-20-39-22-26(37-38-39)12-6-4-7-13-27-30(36-32(33)35-27)29-21-25-11-8-9-14-28(25)41-29/h8-9,11,14-18,21-22H,2-7,10,12-13,19-20H2,1H3,(H,34,40)(H3,33,35,36). The van der Waals surface area contributed by atoms with Crippen LogP contribution in [0.1, 0.15) is 72.8 Å². The zero-order valence-electron chi connectivity index (χ0n) is 23.7. The third-order valence-electron chi connectivity index (χ3n) is 7.31. The Balaban J connectivity index is 1.01. The largest absolute Gasteiger partial charge is 0.369 e. The number of nitrogens with zero attached hydrogens (tertiary/aromatic N) is 4. The lowest BCUT2D eigenvalue weighted by atomic mass is 10.1. The molecule has 0 aliphatic carbocycles. The predicted octanol–water partition coefficient (Wildman–Crippen LogP) is 6.58. The van der Waals surface area contributed by atoms with Gasteiger partial charge in [-0.25, -0.2) is 4.98 Å². The second-order valence-corrected chi connectivity index (χ2v) is 11.6. The first-order valence-electron chi connectivity index (χ1n) is 14.7. The van der Waals surface area contributed by atoms with E-state index in [-0.39, 0.29) is 5.91 Å². The van der Waals surface area contributed by atoms with Crippen molar-refractivity contribution >= 4 is 33.3 Å². The van der Waals surface area contributed by atoms with Crippen molar-refractivity contribution < 1.29 is 4.79 Å². The van der Waals surface area contributed by atoms with E-state index >= 15 is 0 Å². The third kappa shape index (κ3) is 7.82. The third-order valence-corrected chi connectivity index (χ3v) is 8.44. The number of nitrogens with one attached hydrogen (secondary N) is 2. The lowest BCUT2D eigenvalue weighted by Crippen LogP contribution is -2.27. The number of rotatable bonds is 15. The molecule has 5 aromatic rings. The number of unbranched alkanes of at least 4 members (excludes halogenated alkanes) is 4. The van der Waals surface area contributed by atoms with E-state index in [0.717, 1.165) is 60.5 Å². The molecule has 5 rings (SSSR count). The fourth-order valence-corrected chi connectivity index (χ4v) is 6.13. The van der Waals surface area contributed by atoms with Crippen LogP contribution in [-0.2, 0) is 25.8 Å². The molecule has 214 valence electrons. The Morgan fingerprint density at radius 1 is 1.00 bits per heavy atom. The Hall–Kier alpha value is -3.98. The van der Waals surface area contributed by atoms with Crippen LogP contribution in [0.2, 0.25) is 0 Å². The number of hydrogen-bond donors (Lipinski definition) is 3. The van der Waals surface area contributed by atoms with E-state index in [1.54, 1.807) is 16.0 Å². The lowest BCUT2D eigenvalue weighted by Gasteiger charge is -2.06. The summed E-state index contributed by atoms with van der Waals surface area (Å²) in [5.41, 5.74) is 11.0. The van der Waals surface area contributed by atoms with Gasteiger partial charge in [0.15, 0.2) is 5.95 Å². The van der Waals surface area contributed by atoms with E-state index in [4.69, 9.17) is 5.73 Å². The van der Waals surface area contributed by atoms with Crippen molar-refractivity contribution in [2.45, 2.75) is 71.3 Å². The topological polar surface area (TPSA) is 115 Å². The van der Waals surface area contributed by atoms with E-state index in [1.165, 1.54) is 34.9 Å². The number of H-pyrrole nitrogens is 1. The monoisotopic (exact) mass is 569 g/mol. The first-order chi connectivity index (χ1) is 20.1. The van der Waals surface area contributed by atoms with Gasteiger partial charge < -0.3 is 16.0 Å². The quantitative estimate of drug-likeness (QED) is 0.123. The summed E-state index contributed by atoms with van der Waals surface area (Å²) in [6.07, 6.45) is 11.6. The molecule has 0 atom stereocenters. The number of aryl methyl sites for hydroxylation is 3. The molecule has 0 saturated carbocycles. The summed E-state index contributed by atoms with van der Waals surface area (Å²) < 4.78 is 3.06. The van der Waals surface area contributed by atoms with Gasteiger partial charge in [0.25, 0.3) is 5.91 Å². The Morgan fingerprint density at radius 2 is 1.80 bits per heavy atom. The number of aromatic nitrogens is 5. The van der Waals surface area contributed by atoms with Gasteiger partial charge in [-0.3, -0.25) is 9.48 Å². The molecule has 0 fully saturated rings. The summed E-state index contributed by atoms with van der Waals surface area (Å²) in [5.74, 6) is 0.413. The molecule has 4 N–H and O–H groups in total. The molecule has 3 aromatic heterocycles. The molecule has 9 heteroatoms. The normalized spacial score (nSPS) is 11.3. The van der Waals surface area contributed by atoms with Crippen LogP contribution in [0.4, 0.5) is 5.95 Å². The van der Waals surface area contributed by atoms with Gasteiger partial charge in [-0.15, -0.1) is 16.4 Å². The van der Waals surface area contributed by atoms with Crippen molar-refractivity contribution in [2.75, 3.05) is 12.3 Å². The second-order valence-electron chi connectivity index (χ2n) is 10.5. The summed E-state index contributed by atoms with van der Waals surface area (Å²) in [4.78, 5) is 21.5. The van der Waals surface area contributed by atoms with Crippen molar-refractivity contribution in [2.24, 2.45) is 0 Å². The fourth-order valence-electron chi connectivity index (χ4n) is 5.05. The van der Waals surface area contributed by atoms with Crippen LogP contribution < -0.4 is 11.1 Å². The van der Waals surface area contributed by atoms with Crippen LogP contribution in [0, 0.1) is 0 Å². The second kappa shape index (κ2) is 14.1. The highest BCUT2D eigenvalue weighted by Crippen LogP contribution is 2.35. The zero-order valence-corrected chi connectivity index (χ0v) is 24.6. The number of amides is 1. The molecule has 0 radical (unpaired) electrons. The van der Waals surface area contributed by atoms with E-state index in [0.29, 0.717) is 24.6 Å². The van der Waals surface area contributed by atoms with Gasteiger partial charge in [0.05, 0.1) is 17.1 Å². The highest BCUT2D eigenvalue weighted by molar-refractivity contribution is 7.22. The van der Waals surface area contributed by atoms with Crippen LogP contribution in [0.5, 0.6) is 0 Å². The van der Waals surface area contributed by atoms with Crippen molar-refractivity contribution in [3.63, 3.8) is 0 Å². The molecule has 0 aliphatic rings. The highest BCUT2D eigenvalue weighted by Gasteiger charge is 2.14. The number of aromatic amines is 1. The van der Waals surface area contributed by atoms with Crippen LogP contribution in [0.15, 0.2) is 60.8 Å². The van der Waals surface area contributed by atoms with Gasteiger partial charge in [0.2, 0.25) is 0 Å². The number of fused-ring (bicyclic) bond motifs is 1. The Kier molecular flexibility index (Phi) is 9.80. The lowest BCUT2D eigenvalue weighted by molar-refractivity contribution is 0.0952. The fraction of sp³-hybridized carbons (Fsp3) is 0.375. The van der Waals surface area contributed by atoms with E-state index in [2.05, 4.69) is 75.0 Å². The maximum absolute atomic E-state index is 12.5. The molecular weight excluding hydrogens is 530 g/mol. The molecule has 2 aromatic carbocycles. The van der Waals surface area contributed by atoms with Crippen LogP contribution in [-0.4, -0.2) is 37.4 Å². The van der Waals surface area contributed by atoms with E-state index in [1.807, 2.05) is 18.3 Å².